The third-order valence-corrected chi connectivity index (χ3v) is 4.22. The van der Waals surface area contributed by atoms with Crippen molar-refractivity contribution < 1.29 is 4.79 Å². The number of carbonyl (C=O) groups excluding carboxylic acids is 1. The number of amides is 1. The lowest BCUT2D eigenvalue weighted by molar-refractivity contribution is -0.118. The molecule has 0 aliphatic heterocycles. The van der Waals surface area contributed by atoms with Gasteiger partial charge in [0.15, 0.2) is 0 Å². The van der Waals surface area contributed by atoms with Crippen LogP contribution in [0, 0.1) is 0 Å². The van der Waals surface area contributed by atoms with Crippen LogP contribution in [0.2, 0.25) is 5.02 Å². The number of anilines is 1. The van der Waals surface area contributed by atoms with Gasteiger partial charge in [0, 0.05) is 15.6 Å². The highest BCUT2D eigenvalue weighted by atomic mass is 79.9. The Balaban J connectivity index is 2.24. The van der Waals surface area contributed by atoms with Crippen LogP contribution in [0.15, 0.2) is 40.2 Å². The number of thiophene rings is 1. The highest BCUT2D eigenvalue weighted by Crippen LogP contribution is 2.30. The van der Waals surface area contributed by atoms with E-state index in [2.05, 4.69) is 21.2 Å². The molecule has 2 aromatic rings. The van der Waals surface area contributed by atoms with E-state index >= 15 is 0 Å². The number of carbonyl (C=O) groups is 1. The quantitative estimate of drug-likeness (QED) is 0.885. The number of primary amides is 1. The molecule has 1 atom stereocenters. The van der Waals surface area contributed by atoms with Crippen LogP contribution in [0.25, 0.3) is 0 Å². The Morgan fingerprint density at radius 1 is 1.39 bits per heavy atom. The molecule has 0 fully saturated rings. The molecule has 1 heterocycles. The fourth-order valence-electron chi connectivity index (χ4n) is 1.51. The molecule has 0 bridgehead atoms. The standard InChI is InChI=1S/C12H10BrClN2OS/c13-10-5-4-9(18-10)11(12(15)17)16-8-3-1-2-7(14)6-8/h1-6,11,16H,(H2,15,17). The van der Waals surface area contributed by atoms with E-state index in [-0.39, 0.29) is 0 Å². The number of benzene rings is 1. The van der Waals surface area contributed by atoms with Gasteiger partial charge in [-0.3, -0.25) is 4.79 Å². The summed E-state index contributed by atoms with van der Waals surface area (Å²) in [5.74, 6) is -0.427. The van der Waals surface area contributed by atoms with E-state index < -0.39 is 11.9 Å². The van der Waals surface area contributed by atoms with Crippen LogP contribution in [-0.2, 0) is 4.79 Å². The normalized spacial score (nSPS) is 12.1. The van der Waals surface area contributed by atoms with Crippen LogP contribution in [-0.4, -0.2) is 5.91 Å². The van der Waals surface area contributed by atoms with Gasteiger partial charge in [-0.2, -0.15) is 0 Å². The minimum Gasteiger partial charge on any atom is -0.369 e. The Morgan fingerprint density at radius 2 is 2.17 bits per heavy atom. The summed E-state index contributed by atoms with van der Waals surface area (Å²) >= 11 is 10.7. The molecule has 1 amide bonds. The molecular formula is C12H10BrClN2OS. The van der Waals surface area contributed by atoms with Crippen LogP contribution >= 0.6 is 38.9 Å². The zero-order valence-electron chi connectivity index (χ0n) is 9.19. The molecule has 0 radical (unpaired) electrons. The molecule has 18 heavy (non-hydrogen) atoms. The van der Waals surface area contributed by atoms with E-state index in [0.717, 1.165) is 14.4 Å². The van der Waals surface area contributed by atoms with Gasteiger partial charge in [0.2, 0.25) is 5.91 Å². The first-order chi connectivity index (χ1) is 8.56. The van der Waals surface area contributed by atoms with Crippen molar-refractivity contribution in [3.8, 4) is 0 Å². The molecule has 1 aromatic heterocycles. The van der Waals surface area contributed by atoms with Crippen molar-refractivity contribution in [2.24, 2.45) is 5.73 Å². The summed E-state index contributed by atoms with van der Waals surface area (Å²) in [6.07, 6.45) is 0. The molecule has 6 heteroatoms. The van der Waals surface area contributed by atoms with Gasteiger partial charge in [0.1, 0.15) is 6.04 Å². The van der Waals surface area contributed by atoms with E-state index in [1.807, 2.05) is 24.3 Å². The first kappa shape index (κ1) is 13.4. The zero-order valence-corrected chi connectivity index (χ0v) is 12.3. The molecule has 0 spiro atoms. The third kappa shape index (κ3) is 3.25. The number of nitrogens with two attached hydrogens (primary N) is 1. The number of rotatable bonds is 4. The Labute approximate surface area is 122 Å². The van der Waals surface area contributed by atoms with Gasteiger partial charge in [-0.15, -0.1) is 11.3 Å². The van der Waals surface area contributed by atoms with Crippen molar-refractivity contribution >= 4 is 50.5 Å². The maximum absolute atomic E-state index is 11.5. The largest absolute Gasteiger partial charge is 0.369 e. The van der Waals surface area contributed by atoms with Gasteiger partial charge in [-0.25, -0.2) is 0 Å². The van der Waals surface area contributed by atoms with Crippen LogP contribution in [0.4, 0.5) is 5.69 Å². The third-order valence-electron chi connectivity index (χ3n) is 2.30. The van der Waals surface area contributed by atoms with Crippen molar-refractivity contribution in [2.45, 2.75) is 6.04 Å². The van der Waals surface area contributed by atoms with Crippen molar-refractivity contribution in [1.29, 1.82) is 0 Å². The lowest BCUT2D eigenvalue weighted by Gasteiger charge is -2.15. The number of nitrogens with one attached hydrogen (secondary N) is 1. The minimum atomic E-state index is -0.556. The molecular weight excluding hydrogens is 336 g/mol. The molecule has 0 aliphatic carbocycles. The fourth-order valence-corrected chi connectivity index (χ4v) is 3.18. The molecule has 0 saturated heterocycles. The van der Waals surface area contributed by atoms with E-state index in [9.17, 15) is 4.79 Å². The van der Waals surface area contributed by atoms with Gasteiger partial charge in [-0.05, 0) is 46.3 Å². The SMILES string of the molecule is NC(=O)C(Nc1cccc(Cl)c1)c1ccc(Br)s1. The summed E-state index contributed by atoms with van der Waals surface area (Å²) in [6, 6.07) is 10.4. The van der Waals surface area contributed by atoms with Gasteiger partial charge >= 0.3 is 0 Å². The summed E-state index contributed by atoms with van der Waals surface area (Å²) < 4.78 is 0.955. The first-order valence-corrected chi connectivity index (χ1v) is 7.11. The van der Waals surface area contributed by atoms with Gasteiger partial charge in [0.25, 0.3) is 0 Å². The van der Waals surface area contributed by atoms with Crippen LogP contribution in [0.5, 0.6) is 0 Å². The van der Waals surface area contributed by atoms with Crippen LogP contribution < -0.4 is 11.1 Å². The maximum atomic E-state index is 11.5. The highest BCUT2D eigenvalue weighted by Gasteiger charge is 2.19. The van der Waals surface area contributed by atoms with E-state index in [4.69, 9.17) is 17.3 Å². The lowest BCUT2D eigenvalue weighted by Crippen LogP contribution is -2.26. The molecule has 3 N–H and O–H groups in total. The summed E-state index contributed by atoms with van der Waals surface area (Å²) in [5, 5.41) is 3.69. The van der Waals surface area contributed by atoms with Crippen molar-refractivity contribution in [1.82, 2.24) is 0 Å². The monoisotopic (exact) mass is 344 g/mol. The second kappa shape index (κ2) is 5.73. The highest BCUT2D eigenvalue weighted by molar-refractivity contribution is 9.11. The Kier molecular flexibility index (Phi) is 4.27. The average Bonchev–Trinajstić information content (AvgIpc) is 2.72. The number of halogens is 2. The first-order valence-electron chi connectivity index (χ1n) is 5.13. The fraction of sp³-hybridized carbons (Fsp3) is 0.0833. The second-order valence-corrected chi connectivity index (χ2v) is 6.56. The van der Waals surface area contributed by atoms with E-state index in [0.29, 0.717) is 5.02 Å². The van der Waals surface area contributed by atoms with Crippen LogP contribution in [0.3, 0.4) is 0 Å². The Bertz CT molecular complexity index is 573. The topological polar surface area (TPSA) is 55.1 Å². The summed E-state index contributed by atoms with van der Waals surface area (Å²) in [4.78, 5) is 12.4. The van der Waals surface area contributed by atoms with Gasteiger partial charge < -0.3 is 11.1 Å². The number of hydrogen-bond donors (Lipinski definition) is 2. The van der Waals surface area contributed by atoms with Crippen molar-refractivity contribution in [3.63, 3.8) is 0 Å². The van der Waals surface area contributed by atoms with Crippen molar-refractivity contribution in [3.05, 3.63) is 50.1 Å². The molecule has 0 saturated carbocycles. The minimum absolute atomic E-state index is 0.427. The molecule has 0 aliphatic rings. The molecule has 3 nitrogen and oxygen atoms in total. The van der Waals surface area contributed by atoms with Gasteiger partial charge in [-0.1, -0.05) is 17.7 Å². The Morgan fingerprint density at radius 3 is 2.72 bits per heavy atom. The smallest absolute Gasteiger partial charge is 0.245 e. The molecule has 1 unspecified atom stereocenters. The predicted molar refractivity (Wildman–Crippen MR) is 79.0 cm³/mol. The maximum Gasteiger partial charge on any atom is 0.245 e. The number of hydrogen-bond acceptors (Lipinski definition) is 3. The Hall–Kier alpha value is -1.04. The van der Waals surface area contributed by atoms with Crippen LogP contribution in [0.1, 0.15) is 10.9 Å². The summed E-state index contributed by atoms with van der Waals surface area (Å²) in [7, 11) is 0. The lowest BCUT2D eigenvalue weighted by atomic mass is 10.2. The zero-order chi connectivity index (χ0) is 13.1. The van der Waals surface area contributed by atoms with Crippen molar-refractivity contribution in [2.75, 3.05) is 5.32 Å². The van der Waals surface area contributed by atoms with E-state index in [1.165, 1.54) is 11.3 Å². The molecule has 94 valence electrons. The summed E-state index contributed by atoms with van der Waals surface area (Å²) in [5.41, 5.74) is 6.18. The summed E-state index contributed by atoms with van der Waals surface area (Å²) in [6.45, 7) is 0. The second-order valence-electron chi connectivity index (χ2n) is 3.63. The van der Waals surface area contributed by atoms with E-state index in [1.54, 1.807) is 12.1 Å². The molecule has 1 aromatic carbocycles. The predicted octanol–water partition coefficient (Wildman–Crippen LogP) is 3.80. The average molecular weight is 346 g/mol. The van der Waals surface area contributed by atoms with Gasteiger partial charge in [0.05, 0.1) is 3.79 Å². The molecule has 2 rings (SSSR count).